The molecule has 1 aromatic heterocycles. The Morgan fingerprint density at radius 2 is 2.13 bits per heavy atom. The Bertz CT molecular complexity index is 731. The molecule has 0 spiro atoms. The number of amides is 1. The van der Waals surface area contributed by atoms with Crippen molar-refractivity contribution in [2.24, 2.45) is 5.16 Å². The van der Waals surface area contributed by atoms with E-state index in [4.69, 9.17) is 4.84 Å². The zero-order valence-corrected chi connectivity index (χ0v) is 12.6. The lowest BCUT2D eigenvalue weighted by Crippen LogP contribution is -2.44. The summed E-state index contributed by atoms with van der Waals surface area (Å²) in [4.78, 5) is 21.7. The first-order valence-corrected chi connectivity index (χ1v) is 7.25. The van der Waals surface area contributed by atoms with Gasteiger partial charge in [-0.2, -0.15) is 0 Å². The van der Waals surface area contributed by atoms with Gasteiger partial charge in [0.1, 0.15) is 5.82 Å². The number of pyridine rings is 1. The molecule has 2 aromatic rings. The lowest BCUT2D eigenvalue weighted by molar-refractivity contribution is -0.141. The second-order valence-electron chi connectivity index (χ2n) is 5.59. The second kappa shape index (κ2) is 6.16. The van der Waals surface area contributed by atoms with Crippen molar-refractivity contribution in [1.82, 2.24) is 10.3 Å². The standard InChI is InChI=1S/C17H16FN3O2/c1-17(16(22)20-11-12-3-2-8-19-10-12)9-15(21-23-17)13-4-6-14(18)7-5-13/h2-8,10H,9,11H2,1H3,(H,20,22)/t17-/m0/s1. The summed E-state index contributed by atoms with van der Waals surface area (Å²) in [5.74, 6) is -0.563. The maximum absolute atomic E-state index is 13.0. The molecule has 3 rings (SSSR count). The molecular weight excluding hydrogens is 297 g/mol. The first-order valence-electron chi connectivity index (χ1n) is 7.25. The Kier molecular flexibility index (Phi) is 4.06. The summed E-state index contributed by atoms with van der Waals surface area (Å²) in [6, 6.07) is 9.65. The van der Waals surface area contributed by atoms with E-state index in [1.807, 2.05) is 12.1 Å². The Morgan fingerprint density at radius 3 is 2.83 bits per heavy atom. The number of nitrogens with zero attached hydrogens (tertiary/aromatic N) is 2. The van der Waals surface area contributed by atoms with Gasteiger partial charge >= 0.3 is 0 Å². The zero-order chi connectivity index (χ0) is 16.3. The van der Waals surface area contributed by atoms with E-state index in [1.165, 1.54) is 12.1 Å². The van der Waals surface area contributed by atoms with Gasteiger partial charge in [-0.1, -0.05) is 23.4 Å². The average molecular weight is 313 g/mol. The summed E-state index contributed by atoms with van der Waals surface area (Å²) in [6.07, 6.45) is 3.70. The normalized spacial score (nSPS) is 19.8. The zero-order valence-electron chi connectivity index (χ0n) is 12.6. The number of rotatable bonds is 4. The smallest absolute Gasteiger partial charge is 0.267 e. The van der Waals surface area contributed by atoms with Crippen LogP contribution >= 0.6 is 0 Å². The van der Waals surface area contributed by atoms with Crippen molar-refractivity contribution >= 4 is 11.6 Å². The highest BCUT2D eigenvalue weighted by atomic mass is 19.1. The molecule has 1 aliphatic rings. The lowest BCUT2D eigenvalue weighted by Gasteiger charge is -2.20. The molecule has 1 amide bonds. The van der Waals surface area contributed by atoms with E-state index in [0.717, 1.165) is 11.1 Å². The molecule has 0 unspecified atom stereocenters. The van der Waals surface area contributed by atoms with Crippen molar-refractivity contribution < 1.29 is 14.0 Å². The Labute approximate surface area is 133 Å². The molecule has 1 aliphatic heterocycles. The van der Waals surface area contributed by atoms with Crippen molar-refractivity contribution in [3.8, 4) is 0 Å². The van der Waals surface area contributed by atoms with E-state index in [1.54, 1.807) is 31.5 Å². The minimum absolute atomic E-state index is 0.248. The van der Waals surface area contributed by atoms with Gasteiger partial charge in [0.25, 0.3) is 5.91 Å². The topological polar surface area (TPSA) is 63.6 Å². The summed E-state index contributed by atoms with van der Waals surface area (Å²) < 4.78 is 13.0. The van der Waals surface area contributed by atoms with Gasteiger partial charge in [0.2, 0.25) is 5.60 Å². The highest BCUT2D eigenvalue weighted by molar-refractivity contribution is 6.05. The van der Waals surface area contributed by atoms with Gasteiger partial charge in [-0.25, -0.2) is 4.39 Å². The van der Waals surface area contributed by atoms with Crippen LogP contribution in [-0.4, -0.2) is 22.2 Å². The Morgan fingerprint density at radius 1 is 1.35 bits per heavy atom. The third-order valence-corrected chi connectivity index (χ3v) is 3.70. The molecule has 5 nitrogen and oxygen atoms in total. The molecule has 0 saturated heterocycles. The SMILES string of the molecule is C[C@@]1(C(=O)NCc2cccnc2)CC(c2ccc(F)cc2)=NO1. The molecule has 6 heteroatoms. The Hall–Kier alpha value is -2.76. The number of aromatic nitrogens is 1. The van der Waals surface area contributed by atoms with Crippen LogP contribution in [0.25, 0.3) is 0 Å². The van der Waals surface area contributed by atoms with Gasteiger partial charge in [0.05, 0.1) is 5.71 Å². The van der Waals surface area contributed by atoms with Gasteiger partial charge in [0, 0.05) is 25.4 Å². The number of carbonyl (C=O) groups excluding carboxylic acids is 1. The van der Waals surface area contributed by atoms with Gasteiger partial charge in [0.15, 0.2) is 0 Å². The minimum Gasteiger partial charge on any atom is -0.379 e. The fourth-order valence-corrected chi connectivity index (χ4v) is 2.33. The van der Waals surface area contributed by atoms with Crippen LogP contribution in [0.5, 0.6) is 0 Å². The molecule has 0 saturated carbocycles. The summed E-state index contributed by atoms with van der Waals surface area (Å²) in [6.45, 7) is 2.06. The van der Waals surface area contributed by atoms with E-state index in [9.17, 15) is 9.18 Å². The fraction of sp³-hybridized carbons (Fsp3) is 0.235. The predicted molar refractivity (Wildman–Crippen MR) is 83.1 cm³/mol. The highest BCUT2D eigenvalue weighted by Crippen LogP contribution is 2.27. The molecule has 1 aromatic carbocycles. The molecule has 0 radical (unpaired) electrons. The molecule has 0 aliphatic carbocycles. The molecule has 23 heavy (non-hydrogen) atoms. The highest BCUT2D eigenvalue weighted by Gasteiger charge is 2.42. The van der Waals surface area contributed by atoms with Crippen LogP contribution in [0.15, 0.2) is 53.9 Å². The van der Waals surface area contributed by atoms with Crippen molar-refractivity contribution in [2.45, 2.75) is 25.5 Å². The van der Waals surface area contributed by atoms with E-state index < -0.39 is 5.60 Å². The van der Waals surface area contributed by atoms with Gasteiger partial charge < -0.3 is 10.2 Å². The molecular formula is C17H16FN3O2. The number of carbonyl (C=O) groups is 1. The fourth-order valence-electron chi connectivity index (χ4n) is 2.33. The molecule has 1 N–H and O–H groups in total. The van der Waals surface area contributed by atoms with E-state index in [-0.39, 0.29) is 11.7 Å². The summed E-state index contributed by atoms with van der Waals surface area (Å²) in [5, 5.41) is 6.81. The van der Waals surface area contributed by atoms with E-state index >= 15 is 0 Å². The summed E-state index contributed by atoms with van der Waals surface area (Å²) in [7, 11) is 0. The van der Waals surface area contributed by atoms with Crippen LogP contribution in [-0.2, 0) is 16.2 Å². The van der Waals surface area contributed by atoms with Gasteiger partial charge in [-0.3, -0.25) is 9.78 Å². The summed E-state index contributed by atoms with van der Waals surface area (Å²) in [5.41, 5.74) is 1.22. The number of benzene rings is 1. The third-order valence-electron chi connectivity index (χ3n) is 3.70. The third kappa shape index (κ3) is 3.36. The van der Waals surface area contributed by atoms with Crippen molar-refractivity contribution in [3.05, 3.63) is 65.7 Å². The van der Waals surface area contributed by atoms with Crippen molar-refractivity contribution in [1.29, 1.82) is 0 Å². The van der Waals surface area contributed by atoms with Crippen molar-refractivity contribution in [2.75, 3.05) is 0 Å². The number of oxime groups is 1. The average Bonchev–Trinajstić information content (AvgIpc) is 2.98. The largest absolute Gasteiger partial charge is 0.379 e. The van der Waals surface area contributed by atoms with Gasteiger partial charge in [-0.05, 0) is 36.2 Å². The maximum Gasteiger partial charge on any atom is 0.267 e. The maximum atomic E-state index is 13.0. The van der Waals surface area contributed by atoms with Crippen LogP contribution in [0.4, 0.5) is 4.39 Å². The predicted octanol–water partition coefficient (Wildman–Crippen LogP) is 2.42. The lowest BCUT2D eigenvalue weighted by atomic mass is 9.95. The first kappa shape index (κ1) is 15.1. The summed E-state index contributed by atoms with van der Waals surface area (Å²) >= 11 is 0. The molecule has 118 valence electrons. The first-order chi connectivity index (χ1) is 11.1. The van der Waals surface area contributed by atoms with E-state index in [0.29, 0.717) is 18.7 Å². The van der Waals surface area contributed by atoms with Gasteiger partial charge in [-0.15, -0.1) is 0 Å². The monoisotopic (exact) mass is 313 g/mol. The molecule has 1 atom stereocenters. The number of halogens is 1. The second-order valence-corrected chi connectivity index (χ2v) is 5.59. The van der Waals surface area contributed by atoms with Crippen LogP contribution in [0.3, 0.4) is 0 Å². The Balaban J connectivity index is 1.62. The quantitative estimate of drug-likeness (QED) is 0.943. The minimum atomic E-state index is -1.06. The number of hydrogen-bond donors (Lipinski definition) is 1. The number of nitrogens with one attached hydrogen (secondary N) is 1. The van der Waals surface area contributed by atoms with Crippen LogP contribution < -0.4 is 5.32 Å². The van der Waals surface area contributed by atoms with Crippen LogP contribution in [0.1, 0.15) is 24.5 Å². The van der Waals surface area contributed by atoms with E-state index in [2.05, 4.69) is 15.5 Å². The number of hydrogen-bond acceptors (Lipinski definition) is 4. The molecule has 2 heterocycles. The molecule has 0 bridgehead atoms. The van der Waals surface area contributed by atoms with Crippen molar-refractivity contribution in [3.63, 3.8) is 0 Å². The molecule has 0 fully saturated rings. The van der Waals surface area contributed by atoms with Crippen LogP contribution in [0.2, 0.25) is 0 Å². The van der Waals surface area contributed by atoms with Crippen LogP contribution in [0, 0.1) is 5.82 Å².